The lowest BCUT2D eigenvalue weighted by atomic mass is 9.87. The molecule has 1 heterocycles. The summed E-state index contributed by atoms with van der Waals surface area (Å²) >= 11 is 0. The fourth-order valence-corrected chi connectivity index (χ4v) is 6.91. The summed E-state index contributed by atoms with van der Waals surface area (Å²) in [6.07, 6.45) is -0.620. The molecule has 1 saturated heterocycles. The SMILES string of the molecule is C=CCCCOc1cc(C(=O)NC2(C(N)=O)CCN(S(=O)(=O)CCc3ccc(C(=O)N(C)CCOCC=C)cc3C)CC2)cc(C(F)(F)F)c1. The minimum atomic E-state index is -4.77. The van der Waals surface area contributed by atoms with E-state index in [1.807, 2.05) is 0 Å². The van der Waals surface area contributed by atoms with Gasteiger partial charge in [0.2, 0.25) is 15.9 Å². The van der Waals surface area contributed by atoms with Gasteiger partial charge in [-0.2, -0.15) is 13.2 Å². The third-order valence-electron chi connectivity index (χ3n) is 8.48. The van der Waals surface area contributed by atoms with Gasteiger partial charge in [-0.05, 0) is 80.5 Å². The smallest absolute Gasteiger partial charge is 0.416 e. The number of halogens is 3. The van der Waals surface area contributed by atoms with Gasteiger partial charge in [0.15, 0.2) is 0 Å². The number of carbonyl (C=O) groups is 3. The first-order valence-electron chi connectivity index (χ1n) is 16.1. The fourth-order valence-electron chi connectivity index (χ4n) is 5.43. The molecule has 1 fully saturated rings. The lowest BCUT2D eigenvalue weighted by Gasteiger charge is -2.39. The number of carbonyl (C=O) groups excluding carboxylic acids is 3. The number of aryl methyl sites for hydroxylation is 2. The van der Waals surface area contributed by atoms with Crippen molar-refractivity contribution in [1.82, 2.24) is 14.5 Å². The number of ether oxygens (including phenoxy) is 2. The van der Waals surface area contributed by atoms with Gasteiger partial charge in [0.1, 0.15) is 11.3 Å². The van der Waals surface area contributed by atoms with E-state index in [1.165, 1.54) is 9.21 Å². The molecule has 3 rings (SSSR count). The van der Waals surface area contributed by atoms with Crippen LogP contribution in [-0.2, 0) is 32.2 Å². The quantitative estimate of drug-likeness (QED) is 0.173. The minimum Gasteiger partial charge on any atom is -0.494 e. The lowest BCUT2D eigenvalue weighted by Crippen LogP contribution is -2.62. The molecule has 0 unspecified atom stereocenters. The molecule has 2 aromatic rings. The number of hydrogen-bond acceptors (Lipinski definition) is 7. The second kappa shape index (κ2) is 17.6. The zero-order valence-corrected chi connectivity index (χ0v) is 29.2. The Labute approximate surface area is 291 Å². The van der Waals surface area contributed by atoms with Gasteiger partial charge in [-0.3, -0.25) is 14.4 Å². The third kappa shape index (κ3) is 10.9. The Bertz CT molecular complexity index is 1660. The molecule has 0 saturated carbocycles. The number of allylic oxidation sites excluding steroid dienone is 1. The van der Waals surface area contributed by atoms with Gasteiger partial charge in [-0.1, -0.05) is 18.2 Å². The summed E-state index contributed by atoms with van der Waals surface area (Å²) in [7, 11) is -2.16. The second-order valence-electron chi connectivity index (χ2n) is 12.1. The zero-order chi connectivity index (χ0) is 37.1. The highest BCUT2D eigenvalue weighted by atomic mass is 32.2. The molecule has 3 N–H and O–H groups in total. The molecule has 0 radical (unpaired) electrons. The van der Waals surface area contributed by atoms with Crippen molar-refractivity contribution >= 4 is 27.7 Å². The van der Waals surface area contributed by atoms with Crippen LogP contribution in [0.4, 0.5) is 13.2 Å². The zero-order valence-electron chi connectivity index (χ0n) is 28.4. The molecule has 3 amide bonds. The first-order chi connectivity index (χ1) is 23.5. The summed E-state index contributed by atoms with van der Waals surface area (Å²) in [5.41, 5.74) is 4.44. The van der Waals surface area contributed by atoms with Crippen LogP contribution in [0.15, 0.2) is 61.7 Å². The topological polar surface area (TPSA) is 148 Å². The van der Waals surface area contributed by atoms with Gasteiger partial charge in [0.25, 0.3) is 11.8 Å². The maximum atomic E-state index is 13.6. The van der Waals surface area contributed by atoms with Gasteiger partial charge in [0, 0.05) is 37.8 Å². The van der Waals surface area contributed by atoms with Crippen LogP contribution in [0.2, 0.25) is 0 Å². The molecule has 1 aliphatic rings. The van der Waals surface area contributed by atoms with Crippen molar-refractivity contribution in [3.05, 3.63) is 89.5 Å². The van der Waals surface area contributed by atoms with Crippen molar-refractivity contribution < 1.29 is 45.4 Å². The number of nitrogens with zero attached hydrogens (tertiary/aromatic N) is 2. The summed E-state index contributed by atoms with van der Waals surface area (Å²) in [5.74, 6) is -2.54. The van der Waals surface area contributed by atoms with Crippen LogP contribution >= 0.6 is 0 Å². The molecule has 0 aliphatic carbocycles. The Morgan fingerprint density at radius 2 is 1.76 bits per heavy atom. The number of rotatable bonds is 18. The standard InChI is InChI=1S/C35H45F3N4O7S/c1-5-7-8-18-49-30-23-28(22-29(24-30)35(36,37)38)31(43)40-34(33(39)45)12-14-42(15-13-34)50(46,47)20-11-26-9-10-27(21-25(26)3)32(44)41(4)16-19-48-17-6-2/h5-6,9-10,21-24H,1-2,7-8,11-20H2,3-4H3,(H2,39,45)(H,40,43). The normalized spacial score (nSPS) is 14.8. The summed E-state index contributed by atoms with van der Waals surface area (Å²) in [6, 6.07) is 7.66. The molecule has 0 spiro atoms. The minimum absolute atomic E-state index is 0.0964. The number of sulfonamides is 1. The van der Waals surface area contributed by atoms with Gasteiger partial charge >= 0.3 is 6.18 Å². The van der Waals surface area contributed by atoms with Crippen molar-refractivity contribution in [1.29, 1.82) is 0 Å². The predicted octanol–water partition coefficient (Wildman–Crippen LogP) is 4.26. The molecule has 0 atom stereocenters. The van der Waals surface area contributed by atoms with Crippen LogP contribution < -0.4 is 15.8 Å². The largest absolute Gasteiger partial charge is 0.494 e. The summed E-state index contributed by atoms with van der Waals surface area (Å²) in [4.78, 5) is 40.2. The Balaban J connectivity index is 1.65. The molecule has 274 valence electrons. The predicted molar refractivity (Wildman–Crippen MR) is 183 cm³/mol. The van der Waals surface area contributed by atoms with Crippen molar-refractivity contribution in [2.75, 3.05) is 52.3 Å². The van der Waals surface area contributed by atoms with Crippen LogP contribution in [-0.4, -0.2) is 93.1 Å². The van der Waals surface area contributed by atoms with Gasteiger partial charge in [-0.25, -0.2) is 12.7 Å². The van der Waals surface area contributed by atoms with E-state index in [9.17, 15) is 36.0 Å². The van der Waals surface area contributed by atoms with Crippen molar-refractivity contribution in [2.45, 2.75) is 50.7 Å². The number of unbranched alkanes of at least 4 members (excludes halogenated alkanes) is 1. The first kappa shape index (κ1) is 40.2. The summed E-state index contributed by atoms with van der Waals surface area (Å²) in [6.45, 7) is 9.88. The average Bonchev–Trinajstić information content (AvgIpc) is 3.07. The Hall–Kier alpha value is -4.21. The van der Waals surface area contributed by atoms with Gasteiger partial charge in [0.05, 0.1) is 31.1 Å². The summed E-state index contributed by atoms with van der Waals surface area (Å²) < 4.78 is 79.5. The van der Waals surface area contributed by atoms with Crippen LogP contribution in [0.5, 0.6) is 5.75 Å². The van der Waals surface area contributed by atoms with E-state index >= 15 is 0 Å². The number of benzene rings is 2. The van der Waals surface area contributed by atoms with Crippen LogP contribution in [0.25, 0.3) is 0 Å². The maximum Gasteiger partial charge on any atom is 0.416 e. The number of primary amides is 1. The third-order valence-corrected chi connectivity index (χ3v) is 10.4. The molecule has 50 heavy (non-hydrogen) atoms. The molecule has 15 heteroatoms. The highest BCUT2D eigenvalue weighted by molar-refractivity contribution is 7.89. The lowest BCUT2D eigenvalue weighted by molar-refractivity contribution is -0.137. The highest BCUT2D eigenvalue weighted by Crippen LogP contribution is 2.33. The molecule has 0 aromatic heterocycles. The fraction of sp³-hybridized carbons (Fsp3) is 0.457. The molecular formula is C35H45F3N4O7S. The van der Waals surface area contributed by atoms with Gasteiger partial charge in [-0.15, -0.1) is 13.2 Å². The maximum absolute atomic E-state index is 13.6. The van der Waals surface area contributed by atoms with Crippen molar-refractivity contribution in [3.8, 4) is 5.75 Å². The number of nitrogens with one attached hydrogen (secondary N) is 1. The van der Waals surface area contributed by atoms with E-state index in [2.05, 4.69) is 18.5 Å². The van der Waals surface area contributed by atoms with Crippen molar-refractivity contribution in [2.24, 2.45) is 5.73 Å². The number of piperidine rings is 1. The molecular weight excluding hydrogens is 677 g/mol. The second-order valence-corrected chi connectivity index (χ2v) is 14.2. The Morgan fingerprint density at radius 3 is 2.36 bits per heavy atom. The summed E-state index contributed by atoms with van der Waals surface area (Å²) in [5, 5.41) is 2.49. The molecule has 0 bridgehead atoms. The monoisotopic (exact) mass is 722 g/mol. The van der Waals surface area contributed by atoms with E-state index in [-0.39, 0.29) is 61.9 Å². The number of alkyl halides is 3. The molecule has 1 aliphatic heterocycles. The highest BCUT2D eigenvalue weighted by Gasteiger charge is 2.44. The Kier molecular flexibility index (Phi) is 14.2. The number of nitrogens with two attached hydrogens (primary N) is 1. The molecule has 11 nitrogen and oxygen atoms in total. The number of hydrogen-bond donors (Lipinski definition) is 2. The van der Waals surface area contributed by atoms with E-state index in [4.69, 9.17) is 15.2 Å². The van der Waals surface area contributed by atoms with Gasteiger partial charge < -0.3 is 25.4 Å². The number of amides is 3. The van der Waals surface area contributed by atoms with Crippen LogP contribution in [0.1, 0.15) is 63.1 Å². The van der Waals surface area contributed by atoms with Crippen molar-refractivity contribution in [3.63, 3.8) is 0 Å². The average molecular weight is 723 g/mol. The van der Waals surface area contributed by atoms with E-state index < -0.39 is 39.1 Å². The van der Waals surface area contributed by atoms with Crippen LogP contribution in [0, 0.1) is 6.92 Å². The Morgan fingerprint density at radius 1 is 1.06 bits per heavy atom. The van der Waals surface area contributed by atoms with E-state index in [0.717, 1.165) is 23.3 Å². The molecule has 2 aromatic carbocycles. The number of likely N-dealkylation sites (N-methyl/N-ethyl adjacent to an activating group) is 1. The van der Waals surface area contributed by atoms with E-state index in [1.54, 1.807) is 44.3 Å². The first-order valence-corrected chi connectivity index (χ1v) is 17.7. The van der Waals surface area contributed by atoms with Crippen LogP contribution in [0.3, 0.4) is 0 Å². The van der Waals surface area contributed by atoms with E-state index in [0.29, 0.717) is 44.2 Å².